The first-order chi connectivity index (χ1) is 19.0. The molecular weight excluding hydrogens is 554 g/mol. The van der Waals surface area contributed by atoms with Gasteiger partial charge in [-0.2, -0.15) is 13.3 Å². The van der Waals surface area contributed by atoms with E-state index in [9.17, 15) is 18.0 Å². The number of carbonyl (C=O) groups excluding carboxylic acids is 2. The molecule has 1 fully saturated rings. The molecule has 0 saturated carbocycles. The smallest absolute Gasteiger partial charge is 0.425 e. The third-order valence-corrected chi connectivity index (χ3v) is 7.11. The van der Waals surface area contributed by atoms with Crippen LogP contribution in [0.1, 0.15) is 66.2 Å². The number of amides is 2. The molecular formula is C27H35N5O8S. The van der Waals surface area contributed by atoms with Crippen LogP contribution in [0, 0.1) is 6.92 Å². The molecule has 3 heterocycles. The van der Waals surface area contributed by atoms with Crippen LogP contribution < -0.4 is 4.90 Å². The highest BCUT2D eigenvalue weighted by atomic mass is 32.2. The molecule has 4 rings (SSSR count). The van der Waals surface area contributed by atoms with E-state index >= 15 is 0 Å². The molecule has 1 saturated heterocycles. The minimum atomic E-state index is -3.94. The van der Waals surface area contributed by atoms with E-state index < -0.39 is 45.8 Å². The molecule has 0 radical (unpaired) electrons. The zero-order valence-electron chi connectivity index (χ0n) is 24.2. The topological polar surface area (TPSA) is 152 Å². The Hall–Kier alpha value is -3.62. The zero-order chi connectivity index (χ0) is 30.2. The molecule has 2 unspecified atom stereocenters. The van der Waals surface area contributed by atoms with E-state index in [1.807, 2.05) is 6.92 Å². The van der Waals surface area contributed by atoms with Crippen molar-refractivity contribution < 1.29 is 36.4 Å². The molecule has 1 aromatic carbocycles. The second-order valence-electron chi connectivity index (χ2n) is 11.7. The van der Waals surface area contributed by atoms with Gasteiger partial charge in [-0.3, -0.25) is 8.75 Å². The third-order valence-electron chi connectivity index (χ3n) is 5.82. The lowest BCUT2D eigenvalue weighted by molar-refractivity contribution is -0.0149. The molecule has 0 aliphatic carbocycles. The molecule has 2 aromatic heterocycles. The molecule has 1 aliphatic heterocycles. The van der Waals surface area contributed by atoms with Gasteiger partial charge in [0.05, 0.1) is 23.9 Å². The Labute approximate surface area is 238 Å². The van der Waals surface area contributed by atoms with Gasteiger partial charge in [0, 0.05) is 0 Å². The summed E-state index contributed by atoms with van der Waals surface area (Å²) in [5.41, 5.74) is -0.416. The second kappa shape index (κ2) is 11.3. The number of aromatic nitrogens is 4. The number of aryl methyl sites for hydroxylation is 1. The van der Waals surface area contributed by atoms with Crippen LogP contribution in [0.4, 0.5) is 15.4 Å². The van der Waals surface area contributed by atoms with Crippen molar-refractivity contribution in [3.63, 3.8) is 0 Å². The summed E-state index contributed by atoms with van der Waals surface area (Å²) in [6.45, 7) is 11.7. The number of ether oxygens (including phenoxy) is 3. The van der Waals surface area contributed by atoms with E-state index in [2.05, 4.69) is 15.0 Å². The van der Waals surface area contributed by atoms with Crippen LogP contribution in [0.3, 0.4) is 0 Å². The summed E-state index contributed by atoms with van der Waals surface area (Å²) in [7, 11) is -3.94. The van der Waals surface area contributed by atoms with E-state index in [0.29, 0.717) is 23.4 Å². The molecule has 2 atom stereocenters. The maximum atomic E-state index is 13.1. The van der Waals surface area contributed by atoms with Gasteiger partial charge in [0.2, 0.25) is 0 Å². The standard InChI is InChI=1S/C27H35N5O8S/c1-17-8-11-19(12-9-17)41(35,36)37-14-18-10-13-20(38-18)31-16-30-21-22(31)28-15-29-23(21)32(24(33)39-26(2,3)4)25(34)40-27(5,6)7/h8-9,11-12,15-16,18,20H,10,13-14H2,1-7H3. The summed E-state index contributed by atoms with van der Waals surface area (Å²) in [5, 5.41) is 0. The van der Waals surface area contributed by atoms with Gasteiger partial charge in [-0.25, -0.2) is 24.5 Å². The lowest BCUT2D eigenvalue weighted by atomic mass is 10.2. The van der Waals surface area contributed by atoms with Gasteiger partial charge in [0.15, 0.2) is 17.0 Å². The van der Waals surface area contributed by atoms with Crippen LogP contribution in [0.25, 0.3) is 11.2 Å². The SMILES string of the molecule is Cc1ccc(S(=O)(=O)OCC2CCC(n3cnc4c(N(C(=O)OC(C)(C)C)C(=O)OC(C)(C)C)ncnc43)O2)cc1. The van der Waals surface area contributed by atoms with E-state index in [1.54, 1.807) is 58.2 Å². The van der Waals surface area contributed by atoms with Crippen LogP contribution in [0.2, 0.25) is 0 Å². The largest absolute Gasteiger partial charge is 0.443 e. The van der Waals surface area contributed by atoms with Crippen LogP contribution in [0.5, 0.6) is 0 Å². The Balaban J connectivity index is 1.55. The van der Waals surface area contributed by atoms with E-state index in [4.69, 9.17) is 18.4 Å². The Kier molecular flexibility index (Phi) is 8.39. The quantitative estimate of drug-likeness (QED) is 0.361. The molecule has 1 aliphatic rings. The zero-order valence-corrected chi connectivity index (χ0v) is 25.0. The fourth-order valence-electron chi connectivity index (χ4n) is 4.03. The normalized spacial score (nSPS) is 17.9. The van der Waals surface area contributed by atoms with E-state index in [1.165, 1.54) is 24.8 Å². The summed E-state index contributed by atoms with van der Waals surface area (Å²) in [4.78, 5) is 39.9. The highest BCUT2D eigenvalue weighted by molar-refractivity contribution is 7.86. The average Bonchev–Trinajstić information content (AvgIpc) is 3.48. The molecule has 2 amide bonds. The van der Waals surface area contributed by atoms with Crippen molar-refractivity contribution in [3.05, 3.63) is 42.5 Å². The van der Waals surface area contributed by atoms with Crippen molar-refractivity contribution in [2.45, 2.75) is 89.7 Å². The van der Waals surface area contributed by atoms with Crippen molar-refractivity contribution in [2.24, 2.45) is 0 Å². The van der Waals surface area contributed by atoms with Crippen LogP contribution >= 0.6 is 0 Å². The average molecular weight is 590 g/mol. The number of imide groups is 1. The second-order valence-corrected chi connectivity index (χ2v) is 13.3. The van der Waals surface area contributed by atoms with Crippen molar-refractivity contribution in [2.75, 3.05) is 11.5 Å². The summed E-state index contributed by atoms with van der Waals surface area (Å²) < 4.78 is 49.0. The van der Waals surface area contributed by atoms with Gasteiger partial charge in [-0.1, -0.05) is 17.7 Å². The Morgan fingerprint density at radius 2 is 1.59 bits per heavy atom. The molecule has 14 heteroatoms. The minimum Gasteiger partial charge on any atom is -0.443 e. The van der Waals surface area contributed by atoms with Gasteiger partial charge in [0.1, 0.15) is 23.8 Å². The number of anilines is 1. The van der Waals surface area contributed by atoms with E-state index in [-0.39, 0.29) is 22.8 Å². The Morgan fingerprint density at radius 3 is 2.17 bits per heavy atom. The lowest BCUT2D eigenvalue weighted by Gasteiger charge is -2.28. The predicted octanol–water partition coefficient (Wildman–Crippen LogP) is 4.89. The number of hydrogen-bond donors (Lipinski definition) is 0. The van der Waals surface area contributed by atoms with Gasteiger partial charge < -0.3 is 14.2 Å². The molecule has 0 N–H and O–H groups in total. The van der Waals surface area contributed by atoms with Crippen LogP contribution in [0.15, 0.2) is 41.8 Å². The Morgan fingerprint density at radius 1 is 0.976 bits per heavy atom. The van der Waals surface area contributed by atoms with Crippen molar-refractivity contribution in [3.8, 4) is 0 Å². The van der Waals surface area contributed by atoms with Gasteiger partial charge in [-0.15, -0.1) is 0 Å². The third kappa shape index (κ3) is 7.37. The number of imidazole rings is 1. The van der Waals surface area contributed by atoms with Gasteiger partial charge in [0.25, 0.3) is 10.1 Å². The number of hydrogen-bond acceptors (Lipinski definition) is 11. The van der Waals surface area contributed by atoms with E-state index in [0.717, 1.165) is 5.56 Å². The van der Waals surface area contributed by atoms with Crippen molar-refractivity contribution >= 4 is 39.3 Å². The molecule has 222 valence electrons. The van der Waals surface area contributed by atoms with Crippen molar-refractivity contribution in [1.29, 1.82) is 0 Å². The number of carbonyl (C=O) groups is 2. The first-order valence-electron chi connectivity index (χ1n) is 13.1. The predicted molar refractivity (Wildman–Crippen MR) is 148 cm³/mol. The number of nitrogens with zero attached hydrogens (tertiary/aromatic N) is 5. The number of fused-ring (bicyclic) bond motifs is 1. The minimum absolute atomic E-state index is 0.0713. The molecule has 0 spiro atoms. The first-order valence-corrected chi connectivity index (χ1v) is 14.5. The maximum Gasteiger partial charge on any atom is 0.425 e. The lowest BCUT2D eigenvalue weighted by Crippen LogP contribution is -2.44. The molecule has 13 nitrogen and oxygen atoms in total. The number of rotatable bonds is 6. The fraction of sp³-hybridized carbons (Fsp3) is 0.519. The monoisotopic (exact) mass is 589 g/mol. The van der Waals surface area contributed by atoms with Gasteiger partial charge in [-0.05, 0) is 73.4 Å². The Bertz CT molecular complexity index is 1500. The molecule has 41 heavy (non-hydrogen) atoms. The van der Waals surface area contributed by atoms with Crippen molar-refractivity contribution in [1.82, 2.24) is 19.5 Å². The number of benzene rings is 1. The molecule has 0 bridgehead atoms. The maximum absolute atomic E-state index is 13.1. The van der Waals surface area contributed by atoms with Crippen LogP contribution in [-0.4, -0.2) is 64.0 Å². The summed E-state index contributed by atoms with van der Waals surface area (Å²) in [5.74, 6) is -0.112. The molecule has 3 aromatic rings. The van der Waals surface area contributed by atoms with Gasteiger partial charge >= 0.3 is 12.2 Å². The first kappa shape index (κ1) is 30.3. The highest BCUT2D eigenvalue weighted by Crippen LogP contribution is 2.33. The summed E-state index contributed by atoms with van der Waals surface area (Å²) in [6, 6.07) is 6.39. The fourth-order valence-corrected chi connectivity index (χ4v) is 4.97. The summed E-state index contributed by atoms with van der Waals surface area (Å²) >= 11 is 0. The highest BCUT2D eigenvalue weighted by Gasteiger charge is 2.37. The van der Waals surface area contributed by atoms with Crippen LogP contribution in [-0.2, 0) is 28.5 Å². The summed E-state index contributed by atoms with van der Waals surface area (Å²) in [6.07, 6.45) is 0.687.